The Bertz CT molecular complexity index is 355. The average molecular weight is 239 g/mol. The molecule has 0 saturated heterocycles. The van der Waals surface area contributed by atoms with Crippen LogP contribution < -0.4 is 5.32 Å². The SMILES string of the molecule is CCOC(=O)C(C)Nc1ccccc1SC. The largest absolute Gasteiger partial charge is 0.464 e. The highest BCUT2D eigenvalue weighted by Crippen LogP contribution is 2.25. The zero-order valence-electron chi connectivity index (χ0n) is 9.82. The Morgan fingerprint density at radius 3 is 2.81 bits per heavy atom. The van der Waals surface area contributed by atoms with Gasteiger partial charge in [0.1, 0.15) is 6.04 Å². The van der Waals surface area contributed by atoms with Crippen molar-refractivity contribution in [3.8, 4) is 0 Å². The van der Waals surface area contributed by atoms with Crippen LogP contribution in [0.15, 0.2) is 29.2 Å². The van der Waals surface area contributed by atoms with Crippen LogP contribution in [0.3, 0.4) is 0 Å². The summed E-state index contributed by atoms with van der Waals surface area (Å²) in [4.78, 5) is 12.6. The van der Waals surface area contributed by atoms with Crippen LogP contribution in [0.5, 0.6) is 0 Å². The van der Waals surface area contributed by atoms with E-state index in [0.29, 0.717) is 6.61 Å². The topological polar surface area (TPSA) is 38.3 Å². The summed E-state index contributed by atoms with van der Waals surface area (Å²) in [5.74, 6) is -0.224. The van der Waals surface area contributed by atoms with Crippen LogP contribution in [0, 0.1) is 0 Å². The number of carbonyl (C=O) groups excluding carboxylic acids is 1. The van der Waals surface area contributed by atoms with E-state index in [1.54, 1.807) is 25.6 Å². The van der Waals surface area contributed by atoms with Gasteiger partial charge in [0.2, 0.25) is 0 Å². The van der Waals surface area contributed by atoms with E-state index in [1.165, 1.54) is 0 Å². The predicted octanol–water partition coefficient (Wildman–Crippen LogP) is 2.77. The molecular formula is C12H17NO2S. The van der Waals surface area contributed by atoms with Gasteiger partial charge < -0.3 is 10.1 Å². The molecule has 0 aliphatic heterocycles. The second kappa shape index (κ2) is 6.43. The third kappa shape index (κ3) is 3.45. The molecule has 0 aliphatic rings. The van der Waals surface area contributed by atoms with Gasteiger partial charge in [0.15, 0.2) is 0 Å². The van der Waals surface area contributed by atoms with E-state index in [0.717, 1.165) is 10.6 Å². The van der Waals surface area contributed by atoms with Crippen LogP contribution in [0.2, 0.25) is 0 Å². The molecule has 1 aromatic carbocycles. The van der Waals surface area contributed by atoms with Crippen LogP contribution in [0.4, 0.5) is 5.69 Å². The van der Waals surface area contributed by atoms with Crippen LogP contribution in [-0.4, -0.2) is 24.9 Å². The van der Waals surface area contributed by atoms with E-state index in [9.17, 15) is 4.79 Å². The maximum atomic E-state index is 11.5. The molecular weight excluding hydrogens is 222 g/mol. The molecule has 1 aromatic rings. The van der Waals surface area contributed by atoms with Crippen molar-refractivity contribution in [2.45, 2.75) is 24.8 Å². The molecule has 3 nitrogen and oxygen atoms in total. The molecule has 0 saturated carbocycles. The summed E-state index contributed by atoms with van der Waals surface area (Å²) < 4.78 is 4.94. The molecule has 0 fully saturated rings. The third-order valence-electron chi connectivity index (χ3n) is 2.12. The summed E-state index contributed by atoms with van der Waals surface area (Å²) in [5.41, 5.74) is 0.968. The molecule has 0 radical (unpaired) electrons. The molecule has 0 bridgehead atoms. The summed E-state index contributed by atoms with van der Waals surface area (Å²) in [6.45, 7) is 4.02. The molecule has 16 heavy (non-hydrogen) atoms. The molecule has 1 N–H and O–H groups in total. The van der Waals surface area contributed by atoms with Crippen molar-refractivity contribution in [2.24, 2.45) is 0 Å². The minimum atomic E-state index is -0.326. The normalized spacial score (nSPS) is 11.9. The Hall–Kier alpha value is -1.16. The number of thioether (sulfide) groups is 1. The quantitative estimate of drug-likeness (QED) is 0.633. The number of nitrogens with one attached hydrogen (secondary N) is 1. The van der Waals surface area contributed by atoms with Gasteiger partial charge in [0, 0.05) is 10.6 Å². The lowest BCUT2D eigenvalue weighted by atomic mass is 10.2. The zero-order chi connectivity index (χ0) is 12.0. The monoisotopic (exact) mass is 239 g/mol. The number of rotatable bonds is 5. The van der Waals surface area contributed by atoms with Gasteiger partial charge >= 0.3 is 5.97 Å². The lowest BCUT2D eigenvalue weighted by molar-refractivity contribution is -0.143. The lowest BCUT2D eigenvalue weighted by Crippen LogP contribution is -2.28. The average Bonchev–Trinajstić information content (AvgIpc) is 2.30. The van der Waals surface area contributed by atoms with E-state index < -0.39 is 0 Å². The highest BCUT2D eigenvalue weighted by molar-refractivity contribution is 7.98. The van der Waals surface area contributed by atoms with Crippen LogP contribution in [-0.2, 0) is 9.53 Å². The van der Waals surface area contributed by atoms with Crippen molar-refractivity contribution in [3.63, 3.8) is 0 Å². The Balaban J connectivity index is 2.68. The second-order valence-electron chi connectivity index (χ2n) is 3.32. The fraction of sp³-hybridized carbons (Fsp3) is 0.417. The van der Waals surface area contributed by atoms with E-state index in [4.69, 9.17) is 4.74 Å². The fourth-order valence-electron chi connectivity index (χ4n) is 1.32. The molecule has 1 atom stereocenters. The van der Waals surface area contributed by atoms with Crippen molar-refractivity contribution in [3.05, 3.63) is 24.3 Å². The number of anilines is 1. The van der Waals surface area contributed by atoms with Crippen molar-refractivity contribution >= 4 is 23.4 Å². The lowest BCUT2D eigenvalue weighted by Gasteiger charge is -2.15. The van der Waals surface area contributed by atoms with E-state index in [-0.39, 0.29) is 12.0 Å². The highest BCUT2D eigenvalue weighted by Gasteiger charge is 2.14. The molecule has 0 aromatic heterocycles. The first kappa shape index (κ1) is 12.9. The first-order chi connectivity index (χ1) is 7.69. The Morgan fingerprint density at radius 2 is 2.19 bits per heavy atom. The fourth-order valence-corrected chi connectivity index (χ4v) is 1.88. The summed E-state index contributed by atoms with van der Waals surface area (Å²) in [6.07, 6.45) is 2.01. The Morgan fingerprint density at radius 1 is 1.50 bits per heavy atom. The van der Waals surface area contributed by atoms with Crippen molar-refractivity contribution in [1.29, 1.82) is 0 Å². The van der Waals surface area contributed by atoms with Crippen molar-refractivity contribution in [2.75, 3.05) is 18.2 Å². The number of benzene rings is 1. The molecule has 4 heteroatoms. The van der Waals surface area contributed by atoms with Gasteiger partial charge in [-0.1, -0.05) is 12.1 Å². The Labute approximate surface area is 101 Å². The summed E-state index contributed by atoms with van der Waals surface area (Å²) in [7, 11) is 0. The molecule has 0 aliphatic carbocycles. The van der Waals surface area contributed by atoms with Crippen molar-refractivity contribution in [1.82, 2.24) is 0 Å². The number of hydrogen-bond acceptors (Lipinski definition) is 4. The smallest absolute Gasteiger partial charge is 0.328 e. The third-order valence-corrected chi connectivity index (χ3v) is 2.91. The van der Waals surface area contributed by atoms with E-state index >= 15 is 0 Å². The van der Waals surface area contributed by atoms with Gasteiger partial charge in [-0.3, -0.25) is 0 Å². The number of para-hydroxylation sites is 1. The summed E-state index contributed by atoms with van der Waals surface area (Å²) >= 11 is 1.65. The Kier molecular flexibility index (Phi) is 5.19. The zero-order valence-corrected chi connectivity index (χ0v) is 10.6. The maximum Gasteiger partial charge on any atom is 0.328 e. The van der Waals surface area contributed by atoms with Gasteiger partial charge in [-0.2, -0.15) is 0 Å². The first-order valence-electron chi connectivity index (χ1n) is 5.25. The number of carbonyl (C=O) groups is 1. The second-order valence-corrected chi connectivity index (χ2v) is 4.17. The van der Waals surface area contributed by atoms with E-state index in [2.05, 4.69) is 5.32 Å². The highest BCUT2D eigenvalue weighted by atomic mass is 32.2. The van der Waals surface area contributed by atoms with E-state index in [1.807, 2.05) is 30.5 Å². The number of ether oxygens (including phenoxy) is 1. The van der Waals surface area contributed by atoms with Gasteiger partial charge in [-0.25, -0.2) is 4.79 Å². The van der Waals surface area contributed by atoms with Crippen LogP contribution in [0.1, 0.15) is 13.8 Å². The molecule has 0 heterocycles. The van der Waals surface area contributed by atoms with Gasteiger partial charge in [0.05, 0.1) is 6.61 Å². The standard InChI is InChI=1S/C12H17NO2S/c1-4-15-12(14)9(2)13-10-7-5-6-8-11(10)16-3/h5-9,13H,4H2,1-3H3. The molecule has 88 valence electrons. The number of esters is 1. The minimum Gasteiger partial charge on any atom is -0.464 e. The number of hydrogen-bond donors (Lipinski definition) is 1. The van der Waals surface area contributed by atoms with Gasteiger partial charge in [0.25, 0.3) is 0 Å². The maximum absolute atomic E-state index is 11.5. The predicted molar refractivity (Wildman–Crippen MR) is 67.9 cm³/mol. The van der Waals surface area contributed by atoms with Crippen LogP contribution >= 0.6 is 11.8 Å². The van der Waals surface area contributed by atoms with Crippen LogP contribution in [0.25, 0.3) is 0 Å². The summed E-state index contributed by atoms with van der Waals surface area (Å²) in [5, 5.41) is 3.15. The van der Waals surface area contributed by atoms with Gasteiger partial charge in [-0.15, -0.1) is 11.8 Å². The minimum absolute atomic E-state index is 0.224. The van der Waals surface area contributed by atoms with Crippen molar-refractivity contribution < 1.29 is 9.53 Å². The molecule has 1 rings (SSSR count). The molecule has 0 amide bonds. The van der Waals surface area contributed by atoms with Gasteiger partial charge in [-0.05, 0) is 32.2 Å². The first-order valence-corrected chi connectivity index (χ1v) is 6.47. The molecule has 1 unspecified atom stereocenters. The molecule has 0 spiro atoms. The summed E-state index contributed by atoms with van der Waals surface area (Å²) in [6, 6.07) is 7.58.